The molecule has 2 saturated heterocycles. The Morgan fingerprint density at radius 3 is 2.62 bits per heavy atom. The summed E-state index contributed by atoms with van der Waals surface area (Å²) in [6.45, 7) is 1.40. The highest BCUT2D eigenvalue weighted by molar-refractivity contribution is 7.88. The summed E-state index contributed by atoms with van der Waals surface area (Å²) in [5, 5.41) is 0. The van der Waals surface area contributed by atoms with Crippen LogP contribution in [0.15, 0.2) is 0 Å². The summed E-state index contributed by atoms with van der Waals surface area (Å²) in [7, 11) is -3.03. The molecule has 2 rings (SSSR count). The maximum absolute atomic E-state index is 11.4. The van der Waals surface area contributed by atoms with E-state index < -0.39 is 10.0 Å². The summed E-state index contributed by atoms with van der Waals surface area (Å²) in [5.74, 6) is 0. The topological polar surface area (TPSA) is 49.9 Å². The second-order valence-electron chi connectivity index (χ2n) is 3.81. The maximum atomic E-state index is 11.4. The van der Waals surface area contributed by atoms with E-state index in [1.165, 1.54) is 6.26 Å². The third-order valence-corrected chi connectivity index (χ3v) is 4.02. The van der Waals surface area contributed by atoms with Crippen molar-refractivity contribution < 1.29 is 13.2 Å². The molecule has 13 heavy (non-hydrogen) atoms. The molecule has 0 amide bonds. The SMILES string of the molecule is CS(=O)(=O)N1CCCCC1C1CO1. The molecule has 2 heterocycles. The fourth-order valence-corrected chi connectivity index (χ4v) is 3.19. The van der Waals surface area contributed by atoms with Crippen molar-refractivity contribution in [3.05, 3.63) is 0 Å². The monoisotopic (exact) mass is 205 g/mol. The molecule has 0 N–H and O–H groups in total. The lowest BCUT2D eigenvalue weighted by atomic mass is 10.0. The zero-order valence-corrected chi connectivity index (χ0v) is 8.59. The van der Waals surface area contributed by atoms with Crippen LogP contribution in [0.25, 0.3) is 0 Å². The lowest BCUT2D eigenvalue weighted by Crippen LogP contribution is -2.46. The van der Waals surface area contributed by atoms with Gasteiger partial charge >= 0.3 is 0 Å². The Kier molecular flexibility index (Phi) is 2.33. The number of ether oxygens (including phenoxy) is 1. The Morgan fingerprint density at radius 1 is 1.38 bits per heavy atom. The van der Waals surface area contributed by atoms with Crippen molar-refractivity contribution in [3.63, 3.8) is 0 Å². The van der Waals surface area contributed by atoms with Crippen LogP contribution in [0.5, 0.6) is 0 Å². The highest BCUT2D eigenvalue weighted by Gasteiger charge is 2.41. The van der Waals surface area contributed by atoms with Gasteiger partial charge in [-0.15, -0.1) is 0 Å². The second-order valence-corrected chi connectivity index (χ2v) is 5.74. The van der Waals surface area contributed by atoms with E-state index in [0.29, 0.717) is 6.54 Å². The number of piperidine rings is 1. The van der Waals surface area contributed by atoms with Gasteiger partial charge in [-0.25, -0.2) is 8.42 Å². The molecule has 0 aromatic rings. The highest BCUT2D eigenvalue weighted by Crippen LogP contribution is 2.29. The first-order valence-electron chi connectivity index (χ1n) is 4.67. The van der Waals surface area contributed by atoms with Gasteiger partial charge in [0.1, 0.15) is 0 Å². The minimum Gasteiger partial charge on any atom is -0.371 e. The Hall–Kier alpha value is -0.130. The average molecular weight is 205 g/mol. The molecule has 4 nitrogen and oxygen atoms in total. The summed E-state index contributed by atoms with van der Waals surface area (Å²) in [6, 6.07) is 0.115. The predicted molar refractivity (Wildman–Crippen MR) is 48.9 cm³/mol. The van der Waals surface area contributed by atoms with Crippen LogP contribution < -0.4 is 0 Å². The minimum atomic E-state index is -3.03. The third-order valence-electron chi connectivity index (χ3n) is 2.71. The zero-order valence-electron chi connectivity index (χ0n) is 7.77. The first kappa shape index (κ1) is 9.43. The first-order valence-corrected chi connectivity index (χ1v) is 6.52. The molecule has 2 atom stereocenters. The Morgan fingerprint density at radius 2 is 2.08 bits per heavy atom. The van der Waals surface area contributed by atoms with Crippen LogP contribution in [0, 0.1) is 0 Å². The van der Waals surface area contributed by atoms with Crippen LogP contribution in [0.2, 0.25) is 0 Å². The molecule has 0 spiro atoms. The molecule has 5 heteroatoms. The number of nitrogens with zero attached hydrogens (tertiary/aromatic N) is 1. The van der Waals surface area contributed by atoms with E-state index in [0.717, 1.165) is 25.9 Å². The van der Waals surface area contributed by atoms with Crippen LogP contribution in [0.3, 0.4) is 0 Å². The molecule has 76 valence electrons. The number of sulfonamides is 1. The van der Waals surface area contributed by atoms with Gasteiger partial charge < -0.3 is 4.74 Å². The maximum Gasteiger partial charge on any atom is 0.211 e. The van der Waals surface area contributed by atoms with Gasteiger partial charge in [0.15, 0.2) is 0 Å². The Labute approximate surface area is 78.9 Å². The fraction of sp³-hybridized carbons (Fsp3) is 1.00. The number of rotatable bonds is 2. The van der Waals surface area contributed by atoms with Crippen molar-refractivity contribution in [2.24, 2.45) is 0 Å². The number of hydrogen-bond acceptors (Lipinski definition) is 3. The van der Waals surface area contributed by atoms with Gasteiger partial charge in [-0.2, -0.15) is 4.31 Å². The fourth-order valence-electron chi connectivity index (χ4n) is 1.99. The van der Waals surface area contributed by atoms with Gasteiger partial charge in [0, 0.05) is 6.54 Å². The number of epoxide rings is 1. The van der Waals surface area contributed by atoms with Crippen molar-refractivity contribution in [2.45, 2.75) is 31.4 Å². The summed E-state index contributed by atoms with van der Waals surface area (Å²) in [5.41, 5.74) is 0. The smallest absolute Gasteiger partial charge is 0.211 e. The van der Waals surface area contributed by atoms with Crippen LogP contribution in [-0.4, -0.2) is 44.3 Å². The van der Waals surface area contributed by atoms with Gasteiger partial charge in [-0.05, 0) is 12.8 Å². The van der Waals surface area contributed by atoms with Crippen LogP contribution in [0.4, 0.5) is 0 Å². The van der Waals surface area contributed by atoms with Crippen LogP contribution in [-0.2, 0) is 14.8 Å². The molecule has 0 aromatic heterocycles. The van der Waals surface area contributed by atoms with Gasteiger partial charge in [-0.3, -0.25) is 0 Å². The van der Waals surface area contributed by atoms with Crippen LogP contribution in [0.1, 0.15) is 19.3 Å². The van der Waals surface area contributed by atoms with Gasteiger partial charge in [0.25, 0.3) is 0 Å². The van der Waals surface area contributed by atoms with Crippen LogP contribution >= 0.6 is 0 Å². The van der Waals surface area contributed by atoms with E-state index in [4.69, 9.17) is 4.74 Å². The molecule has 2 aliphatic heterocycles. The van der Waals surface area contributed by atoms with E-state index >= 15 is 0 Å². The molecular formula is C8H15NO3S. The van der Waals surface area contributed by atoms with Crippen molar-refractivity contribution >= 4 is 10.0 Å². The van der Waals surface area contributed by atoms with Gasteiger partial charge in [-0.1, -0.05) is 6.42 Å². The summed E-state index contributed by atoms with van der Waals surface area (Å²) < 4.78 is 29.6. The quantitative estimate of drug-likeness (QED) is 0.605. The normalized spacial score (nSPS) is 36.1. The Bertz CT molecular complexity index is 284. The van der Waals surface area contributed by atoms with Crippen molar-refractivity contribution in [1.82, 2.24) is 4.31 Å². The molecular weight excluding hydrogens is 190 g/mol. The standard InChI is InChI=1S/C8H15NO3S/c1-13(10,11)9-5-3-2-4-7(9)8-6-12-8/h7-8H,2-6H2,1H3. The Balaban J connectivity index is 2.12. The largest absolute Gasteiger partial charge is 0.371 e. The zero-order chi connectivity index (χ0) is 9.47. The summed E-state index contributed by atoms with van der Waals surface area (Å²) in [6.07, 6.45) is 4.52. The summed E-state index contributed by atoms with van der Waals surface area (Å²) >= 11 is 0. The molecule has 2 fully saturated rings. The predicted octanol–water partition coefficient (Wildman–Crippen LogP) is 0.199. The molecule has 0 bridgehead atoms. The van der Waals surface area contributed by atoms with E-state index in [2.05, 4.69) is 0 Å². The van der Waals surface area contributed by atoms with E-state index in [1.54, 1.807) is 4.31 Å². The van der Waals surface area contributed by atoms with E-state index in [9.17, 15) is 8.42 Å². The molecule has 0 aliphatic carbocycles. The summed E-state index contributed by atoms with van der Waals surface area (Å²) in [4.78, 5) is 0. The molecule has 0 saturated carbocycles. The third kappa shape index (κ3) is 2.03. The van der Waals surface area contributed by atoms with Crippen molar-refractivity contribution in [3.8, 4) is 0 Å². The van der Waals surface area contributed by atoms with Gasteiger partial charge in [0.05, 0.1) is 25.0 Å². The number of hydrogen-bond donors (Lipinski definition) is 0. The molecule has 0 aromatic carbocycles. The highest BCUT2D eigenvalue weighted by atomic mass is 32.2. The lowest BCUT2D eigenvalue weighted by molar-refractivity contribution is 0.206. The van der Waals surface area contributed by atoms with Crippen molar-refractivity contribution in [2.75, 3.05) is 19.4 Å². The average Bonchev–Trinajstić information content (AvgIpc) is 2.85. The van der Waals surface area contributed by atoms with E-state index in [1.807, 2.05) is 0 Å². The first-order chi connectivity index (χ1) is 6.09. The van der Waals surface area contributed by atoms with Gasteiger partial charge in [0.2, 0.25) is 10.0 Å². The minimum absolute atomic E-state index is 0.115. The molecule has 0 radical (unpaired) electrons. The second kappa shape index (κ2) is 3.22. The molecule has 2 unspecified atom stereocenters. The lowest BCUT2D eigenvalue weighted by Gasteiger charge is -2.32. The van der Waals surface area contributed by atoms with Crippen molar-refractivity contribution in [1.29, 1.82) is 0 Å². The molecule has 2 aliphatic rings. The van der Waals surface area contributed by atoms with E-state index in [-0.39, 0.29) is 12.1 Å².